The van der Waals surface area contributed by atoms with Gasteiger partial charge in [0.1, 0.15) is 0 Å². The van der Waals surface area contributed by atoms with Crippen LogP contribution in [0.3, 0.4) is 0 Å². The van der Waals surface area contributed by atoms with E-state index in [1.807, 2.05) is 6.92 Å². The van der Waals surface area contributed by atoms with E-state index in [1.165, 1.54) is 0 Å². The summed E-state index contributed by atoms with van der Waals surface area (Å²) < 4.78 is 0. The van der Waals surface area contributed by atoms with Gasteiger partial charge >= 0.3 is 6.03 Å². The quantitative estimate of drug-likeness (QED) is 0.897. The molecule has 1 aromatic rings. The molecule has 0 spiro atoms. The van der Waals surface area contributed by atoms with Crippen molar-refractivity contribution in [3.05, 3.63) is 16.1 Å². The molecule has 2 unspecified atom stereocenters. The number of nitrogens with one attached hydrogen (secondary N) is 1. The molecular formula is C16H27N3O2S. The van der Waals surface area contributed by atoms with Crippen molar-refractivity contribution in [2.24, 2.45) is 5.92 Å². The summed E-state index contributed by atoms with van der Waals surface area (Å²) in [6.07, 6.45) is 1.19. The van der Waals surface area contributed by atoms with Gasteiger partial charge < -0.3 is 15.3 Å². The Labute approximate surface area is 136 Å². The Morgan fingerprint density at radius 2 is 2.27 bits per heavy atom. The Morgan fingerprint density at radius 3 is 2.86 bits per heavy atom. The third-order valence-corrected chi connectivity index (χ3v) is 5.37. The number of piperidine rings is 1. The number of aliphatic hydroxyl groups is 1. The van der Waals surface area contributed by atoms with E-state index in [9.17, 15) is 9.90 Å². The fourth-order valence-electron chi connectivity index (χ4n) is 2.41. The molecule has 2 heterocycles. The van der Waals surface area contributed by atoms with Crippen molar-refractivity contribution in [2.45, 2.75) is 52.1 Å². The second-order valence-corrected chi connectivity index (χ2v) is 8.01. The molecule has 0 aromatic carbocycles. The minimum absolute atomic E-state index is 0.0762. The van der Waals surface area contributed by atoms with Crippen LogP contribution < -0.4 is 5.32 Å². The van der Waals surface area contributed by atoms with Crippen molar-refractivity contribution >= 4 is 17.4 Å². The molecule has 0 saturated carbocycles. The smallest absolute Gasteiger partial charge is 0.317 e. The minimum atomic E-state index is -0.410. The number of aromatic nitrogens is 1. The molecule has 1 fully saturated rings. The van der Waals surface area contributed by atoms with Gasteiger partial charge in [0.25, 0.3) is 0 Å². The molecule has 0 bridgehead atoms. The number of hydrogen-bond acceptors (Lipinski definition) is 4. The number of β-amino-alcohol motifs (C(OH)–C–C–N with tert-alkyl or cyclic N) is 1. The van der Waals surface area contributed by atoms with Crippen LogP contribution in [0, 0.1) is 5.92 Å². The first-order chi connectivity index (χ1) is 10.3. The number of nitrogens with zero attached hydrogens (tertiary/aromatic N) is 2. The first-order valence-electron chi connectivity index (χ1n) is 7.93. The molecule has 6 heteroatoms. The minimum Gasteiger partial charge on any atom is -0.391 e. The van der Waals surface area contributed by atoms with Crippen molar-refractivity contribution in [3.8, 4) is 0 Å². The number of thiazole rings is 1. The lowest BCUT2D eigenvalue weighted by Crippen LogP contribution is -2.49. The summed E-state index contributed by atoms with van der Waals surface area (Å²) in [5.41, 5.74) is 1.11. The van der Waals surface area contributed by atoms with Crippen molar-refractivity contribution < 1.29 is 9.90 Å². The second kappa shape index (κ2) is 6.96. The summed E-state index contributed by atoms with van der Waals surface area (Å²) in [6, 6.07) is -0.0859. The fraction of sp³-hybridized carbons (Fsp3) is 0.750. The lowest BCUT2D eigenvalue weighted by molar-refractivity contribution is 0.0436. The van der Waals surface area contributed by atoms with Crippen molar-refractivity contribution in [2.75, 3.05) is 19.6 Å². The number of aliphatic hydroxyl groups excluding tert-OH is 1. The molecule has 1 aliphatic heterocycles. The van der Waals surface area contributed by atoms with Gasteiger partial charge in [0.2, 0.25) is 0 Å². The highest BCUT2D eigenvalue weighted by Gasteiger charge is 2.27. The number of urea groups is 1. The van der Waals surface area contributed by atoms with Crippen LogP contribution in [0.4, 0.5) is 4.79 Å². The van der Waals surface area contributed by atoms with Crippen LogP contribution in [0.5, 0.6) is 0 Å². The predicted molar refractivity (Wildman–Crippen MR) is 89.3 cm³/mol. The number of rotatable bonds is 3. The molecule has 1 saturated heterocycles. The number of likely N-dealkylation sites (tertiary alicyclic amines) is 1. The maximum atomic E-state index is 12.1. The van der Waals surface area contributed by atoms with Gasteiger partial charge in [0, 0.05) is 36.9 Å². The number of carbonyl (C=O) groups is 1. The van der Waals surface area contributed by atoms with E-state index in [-0.39, 0.29) is 17.4 Å². The molecule has 2 N–H and O–H groups in total. The van der Waals surface area contributed by atoms with Gasteiger partial charge in [-0.15, -0.1) is 11.3 Å². The van der Waals surface area contributed by atoms with Crippen LogP contribution in [0.25, 0.3) is 0 Å². The summed E-state index contributed by atoms with van der Waals surface area (Å²) in [7, 11) is 0. The summed E-state index contributed by atoms with van der Waals surface area (Å²) >= 11 is 1.68. The van der Waals surface area contributed by atoms with Crippen molar-refractivity contribution in [3.63, 3.8) is 0 Å². The maximum absolute atomic E-state index is 12.1. The van der Waals surface area contributed by atoms with E-state index in [0.717, 1.165) is 30.1 Å². The van der Waals surface area contributed by atoms with E-state index < -0.39 is 6.10 Å². The Hall–Kier alpha value is -1.14. The Balaban J connectivity index is 1.76. The summed E-state index contributed by atoms with van der Waals surface area (Å²) in [5, 5.41) is 16.0. The summed E-state index contributed by atoms with van der Waals surface area (Å²) in [6.45, 7) is 10.2. The van der Waals surface area contributed by atoms with Crippen LogP contribution in [0.2, 0.25) is 0 Å². The number of hydrogen-bond donors (Lipinski definition) is 2. The molecule has 1 aliphatic rings. The topological polar surface area (TPSA) is 65.5 Å². The fourth-order valence-corrected chi connectivity index (χ4v) is 3.35. The number of amides is 2. The van der Waals surface area contributed by atoms with Crippen molar-refractivity contribution in [1.29, 1.82) is 0 Å². The average molecular weight is 325 g/mol. The first kappa shape index (κ1) is 17.2. The van der Waals surface area contributed by atoms with Crippen LogP contribution >= 0.6 is 11.3 Å². The van der Waals surface area contributed by atoms with Gasteiger partial charge in [-0.3, -0.25) is 0 Å². The van der Waals surface area contributed by atoms with E-state index in [0.29, 0.717) is 13.1 Å². The molecule has 1 aromatic heterocycles. The van der Waals surface area contributed by atoms with Gasteiger partial charge in [0.15, 0.2) is 0 Å². The molecule has 2 atom stereocenters. The maximum Gasteiger partial charge on any atom is 0.317 e. The van der Waals surface area contributed by atoms with Gasteiger partial charge in [-0.1, -0.05) is 27.7 Å². The normalized spacial score (nSPS) is 22.7. The van der Waals surface area contributed by atoms with Gasteiger partial charge in [-0.2, -0.15) is 0 Å². The van der Waals surface area contributed by atoms with E-state index >= 15 is 0 Å². The predicted octanol–water partition coefficient (Wildman–Crippen LogP) is 2.40. The molecule has 2 amide bonds. The lowest BCUT2D eigenvalue weighted by atomic mass is 9.96. The highest BCUT2D eigenvalue weighted by atomic mass is 32.1. The molecular weight excluding hydrogens is 298 g/mol. The molecule has 2 rings (SSSR count). The zero-order chi connectivity index (χ0) is 16.3. The molecule has 5 nitrogen and oxygen atoms in total. The SMILES string of the molecule is CC1CCN(C(=O)NCCc2csc(C(C)(C)C)n2)CC1O. The highest BCUT2D eigenvalue weighted by Crippen LogP contribution is 2.25. The molecule has 0 radical (unpaired) electrons. The third kappa shape index (κ3) is 4.43. The second-order valence-electron chi connectivity index (χ2n) is 7.16. The number of carbonyl (C=O) groups excluding carboxylic acids is 1. The molecule has 0 aliphatic carbocycles. The highest BCUT2D eigenvalue weighted by molar-refractivity contribution is 7.09. The van der Waals surface area contributed by atoms with E-state index in [1.54, 1.807) is 16.2 Å². The van der Waals surface area contributed by atoms with Gasteiger partial charge in [-0.25, -0.2) is 9.78 Å². The Morgan fingerprint density at radius 1 is 1.55 bits per heavy atom. The summed E-state index contributed by atoms with van der Waals surface area (Å²) in [4.78, 5) is 18.4. The third-order valence-electron chi connectivity index (χ3n) is 4.06. The zero-order valence-electron chi connectivity index (χ0n) is 13.9. The van der Waals surface area contributed by atoms with Gasteiger partial charge in [-0.05, 0) is 12.3 Å². The molecule has 22 heavy (non-hydrogen) atoms. The average Bonchev–Trinajstić information content (AvgIpc) is 2.90. The van der Waals surface area contributed by atoms with Gasteiger partial charge in [0.05, 0.1) is 16.8 Å². The first-order valence-corrected chi connectivity index (χ1v) is 8.81. The Bertz CT molecular complexity index is 510. The molecule has 124 valence electrons. The van der Waals surface area contributed by atoms with Crippen molar-refractivity contribution in [1.82, 2.24) is 15.2 Å². The summed E-state index contributed by atoms with van der Waals surface area (Å²) in [5.74, 6) is 0.273. The van der Waals surface area contributed by atoms with Crippen LogP contribution in [0.1, 0.15) is 44.8 Å². The lowest BCUT2D eigenvalue weighted by Gasteiger charge is -2.34. The zero-order valence-corrected chi connectivity index (χ0v) is 14.7. The van der Waals surface area contributed by atoms with E-state index in [2.05, 4.69) is 36.5 Å². The van der Waals surface area contributed by atoms with E-state index in [4.69, 9.17) is 0 Å². The standard InChI is InChI=1S/C16H27N3O2S/c1-11-6-8-19(9-13(11)20)15(21)17-7-5-12-10-22-14(18-12)16(2,3)4/h10-11,13,20H,5-9H2,1-4H3,(H,17,21). The van der Waals surface area contributed by atoms with Crippen LogP contribution in [0.15, 0.2) is 5.38 Å². The Kier molecular flexibility index (Phi) is 5.45. The monoisotopic (exact) mass is 325 g/mol. The largest absolute Gasteiger partial charge is 0.391 e. The van der Waals surface area contributed by atoms with Crippen LogP contribution in [-0.2, 0) is 11.8 Å². The van der Waals surface area contributed by atoms with Crippen LogP contribution in [-0.4, -0.2) is 46.8 Å².